The van der Waals surface area contributed by atoms with Crippen molar-refractivity contribution in [2.75, 3.05) is 13.2 Å². The summed E-state index contributed by atoms with van der Waals surface area (Å²) in [6.07, 6.45) is 1.68. The highest BCUT2D eigenvalue weighted by Crippen LogP contribution is 2.33. The Hall–Kier alpha value is -2.57. The van der Waals surface area contributed by atoms with E-state index in [0.29, 0.717) is 36.8 Å². The average Bonchev–Trinajstić information content (AvgIpc) is 2.93. The minimum Gasteiger partial charge on any atom is -0.486 e. The summed E-state index contributed by atoms with van der Waals surface area (Å²) >= 11 is 0. The first-order chi connectivity index (χ1) is 11.2. The molecule has 120 valence electrons. The Morgan fingerprint density at radius 3 is 3.13 bits per heavy atom. The highest BCUT2D eigenvalue weighted by molar-refractivity contribution is 5.98. The van der Waals surface area contributed by atoms with Gasteiger partial charge in [-0.05, 0) is 25.5 Å². The van der Waals surface area contributed by atoms with Gasteiger partial charge >= 0.3 is 0 Å². The SMILES string of the molecule is Cc1nc2n(n1)CC(NC(=O)c1cccc3c1OCCO3)CC2. The highest BCUT2D eigenvalue weighted by atomic mass is 16.6. The van der Waals surface area contributed by atoms with Crippen molar-refractivity contribution in [2.45, 2.75) is 32.4 Å². The minimum atomic E-state index is -0.141. The molecule has 0 aliphatic carbocycles. The van der Waals surface area contributed by atoms with Crippen molar-refractivity contribution in [1.29, 1.82) is 0 Å². The van der Waals surface area contributed by atoms with E-state index in [-0.39, 0.29) is 11.9 Å². The molecule has 0 saturated carbocycles. The van der Waals surface area contributed by atoms with Crippen LogP contribution in [0.5, 0.6) is 11.5 Å². The number of carbonyl (C=O) groups is 1. The van der Waals surface area contributed by atoms with E-state index < -0.39 is 0 Å². The number of benzene rings is 1. The third kappa shape index (κ3) is 2.62. The van der Waals surface area contributed by atoms with E-state index in [1.165, 1.54) is 0 Å². The fourth-order valence-electron chi connectivity index (χ4n) is 3.07. The predicted octanol–water partition coefficient (Wildman–Crippen LogP) is 1.10. The summed E-state index contributed by atoms with van der Waals surface area (Å²) in [6, 6.07) is 5.42. The number of amides is 1. The van der Waals surface area contributed by atoms with Crippen molar-refractivity contribution >= 4 is 5.91 Å². The first-order valence-corrected chi connectivity index (χ1v) is 7.80. The molecule has 7 nitrogen and oxygen atoms in total. The Morgan fingerprint density at radius 2 is 2.22 bits per heavy atom. The van der Waals surface area contributed by atoms with Gasteiger partial charge in [0, 0.05) is 12.5 Å². The molecule has 2 aromatic rings. The molecule has 1 aromatic heterocycles. The minimum absolute atomic E-state index is 0.0384. The standard InChI is InChI=1S/C16H18N4O3/c1-10-17-14-6-5-11(9-20(14)19-10)18-16(21)12-3-2-4-13-15(12)23-8-7-22-13/h2-4,11H,5-9H2,1H3,(H,18,21). The van der Waals surface area contributed by atoms with E-state index in [1.54, 1.807) is 6.07 Å². The average molecular weight is 314 g/mol. The molecule has 1 N–H and O–H groups in total. The molecule has 1 unspecified atom stereocenters. The molecule has 7 heteroatoms. The van der Waals surface area contributed by atoms with Crippen LogP contribution in [0.1, 0.15) is 28.4 Å². The van der Waals surface area contributed by atoms with Crippen molar-refractivity contribution in [3.63, 3.8) is 0 Å². The smallest absolute Gasteiger partial charge is 0.255 e. The zero-order valence-corrected chi connectivity index (χ0v) is 12.9. The van der Waals surface area contributed by atoms with E-state index in [4.69, 9.17) is 9.47 Å². The lowest BCUT2D eigenvalue weighted by Crippen LogP contribution is -2.41. The molecule has 0 bridgehead atoms. The lowest BCUT2D eigenvalue weighted by Gasteiger charge is -2.25. The van der Waals surface area contributed by atoms with Gasteiger partial charge in [0.25, 0.3) is 5.91 Å². The van der Waals surface area contributed by atoms with Crippen LogP contribution in [0, 0.1) is 6.92 Å². The summed E-state index contributed by atoms with van der Waals surface area (Å²) in [5.74, 6) is 2.78. The van der Waals surface area contributed by atoms with Gasteiger partial charge < -0.3 is 14.8 Å². The maximum Gasteiger partial charge on any atom is 0.255 e. The number of carbonyl (C=O) groups excluding carboxylic acids is 1. The quantitative estimate of drug-likeness (QED) is 0.898. The molecule has 0 saturated heterocycles. The lowest BCUT2D eigenvalue weighted by atomic mass is 10.1. The molecule has 0 fully saturated rings. The number of hydrogen-bond donors (Lipinski definition) is 1. The molecule has 0 spiro atoms. The van der Waals surface area contributed by atoms with Crippen LogP contribution in [0.25, 0.3) is 0 Å². The topological polar surface area (TPSA) is 78.3 Å². The largest absolute Gasteiger partial charge is 0.486 e. The fraction of sp³-hybridized carbons (Fsp3) is 0.438. The van der Waals surface area contributed by atoms with Crippen LogP contribution in [0.2, 0.25) is 0 Å². The van der Waals surface area contributed by atoms with Crippen LogP contribution < -0.4 is 14.8 Å². The van der Waals surface area contributed by atoms with E-state index >= 15 is 0 Å². The summed E-state index contributed by atoms with van der Waals surface area (Å²) in [5.41, 5.74) is 0.516. The second-order valence-corrected chi connectivity index (χ2v) is 5.80. The van der Waals surface area contributed by atoms with Crippen molar-refractivity contribution in [2.24, 2.45) is 0 Å². The van der Waals surface area contributed by atoms with Crippen molar-refractivity contribution in [1.82, 2.24) is 20.1 Å². The van der Waals surface area contributed by atoms with Gasteiger partial charge in [0.05, 0.1) is 12.1 Å². The van der Waals surface area contributed by atoms with Gasteiger partial charge in [-0.3, -0.25) is 4.79 Å². The molecular formula is C16H18N4O3. The molecule has 1 amide bonds. The lowest BCUT2D eigenvalue weighted by molar-refractivity contribution is 0.0915. The number of fused-ring (bicyclic) bond motifs is 2. The monoisotopic (exact) mass is 314 g/mol. The van der Waals surface area contributed by atoms with E-state index in [1.807, 2.05) is 23.7 Å². The number of rotatable bonds is 2. The van der Waals surface area contributed by atoms with Crippen LogP contribution >= 0.6 is 0 Å². The van der Waals surface area contributed by atoms with Crippen LogP contribution in [0.15, 0.2) is 18.2 Å². The number of nitrogens with zero attached hydrogens (tertiary/aromatic N) is 3. The van der Waals surface area contributed by atoms with Gasteiger partial charge in [-0.1, -0.05) is 6.07 Å². The Bertz CT molecular complexity index is 756. The molecular weight excluding hydrogens is 296 g/mol. The predicted molar refractivity (Wildman–Crippen MR) is 81.8 cm³/mol. The molecule has 3 heterocycles. The first kappa shape index (κ1) is 14.0. The van der Waals surface area contributed by atoms with Gasteiger partial charge in [0.1, 0.15) is 24.9 Å². The first-order valence-electron chi connectivity index (χ1n) is 7.80. The normalized spacial score (nSPS) is 19.1. The number of aromatic nitrogens is 3. The Kier molecular flexibility index (Phi) is 3.40. The van der Waals surface area contributed by atoms with Gasteiger partial charge in [0.2, 0.25) is 0 Å². The number of nitrogens with one attached hydrogen (secondary N) is 1. The third-order valence-corrected chi connectivity index (χ3v) is 4.11. The van der Waals surface area contributed by atoms with Crippen molar-refractivity contribution in [3.8, 4) is 11.5 Å². The van der Waals surface area contributed by atoms with Crippen LogP contribution in [0.4, 0.5) is 0 Å². The zero-order valence-electron chi connectivity index (χ0n) is 12.9. The second-order valence-electron chi connectivity index (χ2n) is 5.80. The van der Waals surface area contributed by atoms with E-state index in [9.17, 15) is 4.79 Å². The molecule has 2 aliphatic heterocycles. The number of hydrogen-bond acceptors (Lipinski definition) is 5. The van der Waals surface area contributed by atoms with Crippen molar-refractivity contribution < 1.29 is 14.3 Å². The highest BCUT2D eigenvalue weighted by Gasteiger charge is 2.25. The van der Waals surface area contributed by atoms with Crippen LogP contribution in [-0.2, 0) is 13.0 Å². The molecule has 0 radical (unpaired) electrons. The van der Waals surface area contributed by atoms with Gasteiger partial charge in [-0.25, -0.2) is 9.67 Å². The second kappa shape index (κ2) is 5.57. The summed E-state index contributed by atoms with van der Waals surface area (Å²) in [6.45, 7) is 3.50. The summed E-state index contributed by atoms with van der Waals surface area (Å²) in [4.78, 5) is 17.0. The Labute approximate surface area is 133 Å². The maximum absolute atomic E-state index is 12.6. The van der Waals surface area contributed by atoms with Crippen LogP contribution in [-0.4, -0.2) is 39.9 Å². The molecule has 2 aliphatic rings. The zero-order chi connectivity index (χ0) is 15.8. The summed E-state index contributed by atoms with van der Waals surface area (Å²) in [7, 11) is 0. The van der Waals surface area contributed by atoms with Gasteiger partial charge in [0.15, 0.2) is 11.5 Å². The number of ether oxygens (including phenoxy) is 2. The molecule has 23 heavy (non-hydrogen) atoms. The summed E-state index contributed by atoms with van der Waals surface area (Å²) in [5, 5.41) is 7.43. The van der Waals surface area contributed by atoms with E-state index in [0.717, 1.165) is 24.5 Å². The Morgan fingerprint density at radius 1 is 1.35 bits per heavy atom. The fourth-order valence-corrected chi connectivity index (χ4v) is 3.07. The van der Waals surface area contributed by atoms with Crippen LogP contribution in [0.3, 0.4) is 0 Å². The maximum atomic E-state index is 12.6. The molecule has 1 aromatic carbocycles. The third-order valence-electron chi connectivity index (χ3n) is 4.11. The van der Waals surface area contributed by atoms with Gasteiger partial charge in [-0.2, -0.15) is 5.10 Å². The molecule has 4 rings (SSSR count). The number of aryl methyl sites for hydroxylation is 2. The number of para-hydroxylation sites is 1. The summed E-state index contributed by atoms with van der Waals surface area (Å²) < 4.78 is 13.0. The van der Waals surface area contributed by atoms with E-state index in [2.05, 4.69) is 15.4 Å². The van der Waals surface area contributed by atoms with Crippen molar-refractivity contribution in [3.05, 3.63) is 35.4 Å². The van der Waals surface area contributed by atoms with Gasteiger partial charge in [-0.15, -0.1) is 0 Å². The molecule has 1 atom stereocenters. The Balaban J connectivity index is 1.51.